The second-order valence-corrected chi connectivity index (χ2v) is 6.18. The van der Waals surface area contributed by atoms with E-state index in [1.165, 1.54) is 12.1 Å². The Morgan fingerprint density at radius 2 is 1.85 bits per heavy atom. The normalized spacial score (nSPS) is 10.7. The third kappa shape index (κ3) is 3.75. The number of carbonyl (C=O) groups is 1. The molecule has 0 saturated heterocycles. The Morgan fingerprint density at radius 1 is 1.07 bits per heavy atom. The first kappa shape index (κ1) is 17.1. The number of rotatable bonds is 5. The number of para-hydroxylation sites is 1. The van der Waals surface area contributed by atoms with Gasteiger partial charge in [0.15, 0.2) is 11.0 Å². The zero-order valence-corrected chi connectivity index (χ0v) is 14.9. The monoisotopic (exact) mass is 378 g/mol. The standard InChI is InChI=1S/C20H15ClN4O2/c21-18-7-6-17(27-18)20(26)23-12-15-13-25(16-4-2-1-3-5-16)24-19(15)14-8-10-22-11-9-14/h1-11,13H,12H2,(H,23,26). The van der Waals surface area contributed by atoms with Gasteiger partial charge in [0.2, 0.25) is 0 Å². The molecule has 0 radical (unpaired) electrons. The summed E-state index contributed by atoms with van der Waals surface area (Å²) in [6.45, 7) is 0.293. The van der Waals surface area contributed by atoms with Crippen LogP contribution in [0.5, 0.6) is 0 Å². The SMILES string of the molecule is O=C(NCc1cn(-c2ccccc2)nc1-c1ccncc1)c1ccc(Cl)o1. The highest BCUT2D eigenvalue weighted by Crippen LogP contribution is 2.23. The van der Waals surface area contributed by atoms with Crippen molar-refractivity contribution in [3.8, 4) is 16.9 Å². The number of aromatic nitrogens is 3. The van der Waals surface area contributed by atoms with Gasteiger partial charge in [0.05, 0.1) is 11.4 Å². The van der Waals surface area contributed by atoms with E-state index in [0.29, 0.717) is 6.54 Å². The second-order valence-electron chi connectivity index (χ2n) is 5.81. The summed E-state index contributed by atoms with van der Waals surface area (Å²) in [7, 11) is 0. The molecular weight excluding hydrogens is 364 g/mol. The first-order valence-electron chi connectivity index (χ1n) is 8.28. The third-order valence-electron chi connectivity index (χ3n) is 4.00. The van der Waals surface area contributed by atoms with E-state index in [1.54, 1.807) is 17.1 Å². The van der Waals surface area contributed by atoms with Crippen molar-refractivity contribution in [2.45, 2.75) is 6.54 Å². The van der Waals surface area contributed by atoms with Crippen molar-refractivity contribution in [2.24, 2.45) is 0 Å². The van der Waals surface area contributed by atoms with Crippen molar-refractivity contribution in [1.29, 1.82) is 0 Å². The summed E-state index contributed by atoms with van der Waals surface area (Å²) in [5.74, 6) is -0.170. The minimum atomic E-state index is -0.338. The average molecular weight is 379 g/mol. The Morgan fingerprint density at radius 3 is 2.56 bits per heavy atom. The van der Waals surface area contributed by atoms with Crippen LogP contribution in [0.4, 0.5) is 0 Å². The maximum Gasteiger partial charge on any atom is 0.287 e. The first-order valence-corrected chi connectivity index (χ1v) is 8.66. The summed E-state index contributed by atoms with van der Waals surface area (Å²) in [5, 5.41) is 7.72. The predicted molar refractivity (Wildman–Crippen MR) is 102 cm³/mol. The number of nitrogens with one attached hydrogen (secondary N) is 1. The highest BCUT2D eigenvalue weighted by Gasteiger charge is 2.15. The molecule has 4 rings (SSSR count). The minimum Gasteiger partial charge on any atom is -0.440 e. The third-order valence-corrected chi connectivity index (χ3v) is 4.20. The van der Waals surface area contributed by atoms with Gasteiger partial charge in [0, 0.05) is 36.3 Å². The Kier molecular flexibility index (Phi) is 4.72. The lowest BCUT2D eigenvalue weighted by Crippen LogP contribution is -2.22. The second kappa shape index (κ2) is 7.47. The number of hydrogen-bond acceptors (Lipinski definition) is 4. The van der Waals surface area contributed by atoms with Gasteiger partial charge in [-0.25, -0.2) is 4.68 Å². The molecule has 3 heterocycles. The lowest BCUT2D eigenvalue weighted by Gasteiger charge is -2.04. The zero-order valence-electron chi connectivity index (χ0n) is 14.2. The van der Waals surface area contributed by atoms with Crippen LogP contribution in [-0.4, -0.2) is 20.7 Å². The largest absolute Gasteiger partial charge is 0.440 e. The lowest BCUT2D eigenvalue weighted by atomic mass is 10.1. The van der Waals surface area contributed by atoms with E-state index in [1.807, 2.05) is 48.7 Å². The fraction of sp³-hybridized carbons (Fsp3) is 0.0500. The number of nitrogens with zero attached hydrogens (tertiary/aromatic N) is 3. The van der Waals surface area contributed by atoms with Crippen LogP contribution in [-0.2, 0) is 6.54 Å². The van der Waals surface area contributed by atoms with Crippen molar-refractivity contribution < 1.29 is 9.21 Å². The Bertz CT molecular complexity index is 1060. The highest BCUT2D eigenvalue weighted by molar-refractivity contribution is 6.29. The van der Waals surface area contributed by atoms with Crippen molar-refractivity contribution >= 4 is 17.5 Å². The molecule has 0 saturated carbocycles. The summed E-state index contributed by atoms with van der Waals surface area (Å²) in [6.07, 6.45) is 5.33. The summed E-state index contributed by atoms with van der Waals surface area (Å²) < 4.78 is 6.94. The number of pyridine rings is 1. The van der Waals surface area contributed by atoms with Gasteiger partial charge in [-0.3, -0.25) is 9.78 Å². The van der Waals surface area contributed by atoms with Crippen LogP contribution in [0.3, 0.4) is 0 Å². The molecule has 134 valence electrons. The van der Waals surface area contributed by atoms with Crippen molar-refractivity contribution in [2.75, 3.05) is 0 Å². The summed E-state index contributed by atoms with van der Waals surface area (Å²) in [5.41, 5.74) is 3.50. The molecule has 27 heavy (non-hydrogen) atoms. The van der Waals surface area contributed by atoms with E-state index in [0.717, 1.165) is 22.5 Å². The Balaban J connectivity index is 1.64. The minimum absolute atomic E-state index is 0.168. The van der Waals surface area contributed by atoms with Crippen molar-refractivity contribution in [3.63, 3.8) is 0 Å². The average Bonchev–Trinajstić information content (AvgIpc) is 3.34. The number of benzene rings is 1. The van der Waals surface area contributed by atoms with Crippen LogP contribution in [0.2, 0.25) is 5.22 Å². The highest BCUT2D eigenvalue weighted by atomic mass is 35.5. The molecule has 0 unspecified atom stereocenters. The number of carbonyl (C=O) groups excluding carboxylic acids is 1. The lowest BCUT2D eigenvalue weighted by molar-refractivity contribution is 0.0923. The maximum atomic E-state index is 12.3. The van der Waals surface area contributed by atoms with E-state index < -0.39 is 0 Å². The molecule has 3 aromatic heterocycles. The van der Waals surface area contributed by atoms with Crippen LogP contribution in [0.15, 0.2) is 77.6 Å². The van der Waals surface area contributed by atoms with Crippen LogP contribution in [0.25, 0.3) is 16.9 Å². The van der Waals surface area contributed by atoms with Crippen LogP contribution in [0, 0.1) is 0 Å². The van der Waals surface area contributed by atoms with Gasteiger partial charge < -0.3 is 9.73 Å². The molecular formula is C20H15ClN4O2. The van der Waals surface area contributed by atoms with Crippen LogP contribution >= 0.6 is 11.6 Å². The molecule has 0 aliphatic carbocycles. The van der Waals surface area contributed by atoms with E-state index in [2.05, 4.69) is 10.3 Å². The number of furan rings is 1. The fourth-order valence-electron chi connectivity index (χ4n) is 2.70. The van der Waals surface area contributed by atoms with Crippen molar-refractivity contribution in [1.82, 2.24) is 20.1 Å². The molecule has 1 aromatic carbocycles. The summed E-state index contributed by atoms with van der Waals surface area (Å²) in [6, 6.07) is 16.6. The number of halogens is 1. The van der Waals surface area contributed by atoms with Gasteiger partial charge in [-0.05, 0) is 48.0 Å². The van der Waals surface area contributed by atoms with Crippen LogP contribution < -0.4 is 5.32 Å². The van der Waals surface area contributed by atoms with E-state index in [-0.39, 0.29) is 16.9 Å². The van der Waals surface area contributed by atoms with Crippen molar-refractivity contribution in [3.05, 3.63) is 89.7 Å². The summed E-state index contributed by atoms with van der Waals surface area (Å²) in [4.78, 5) is 16.3. The molecule has 1 amide bonds. The van der Waals surface area contributed by atoms with Gasteiger partial charge in [-0.15, -0.1) is 0 Å². The summed E-state index contributed by atoms with van der Waals surface area (Å²) >= 11 is 5.73. The predicted octanol–water partition coefficient (Wildman–Crippen LogP) is 4.11. The molecule has 1 N–H and O–H groups in total. The molecule has 6 nitrogen and oxygen atoms in total. The van der Waals surface area contributed by atoms with Gasteiger partial charge in [0.1, 0.15) is 0 Å². The molecule has 4 aromatic rings. The van der Waals surface area contributed by atoms with Gasteiger partial charge in [-0.2, -0.15) is 5.10 Å². The molecule has 0 atom stereocenters. The molecule has 0 aliphatic heterocycles. The Hall–Kier alpha value is -3.38. The molecule has 0 spiro atoms. The van der Waals surface area contributed by atoms with Crippen LogP contribution in [0.1, 0.15) is 16.1 Å². The number of hydrogen-bond donors (Lipinski definition) is 1. The fourth-order valence-corrected chi connectivity index (χ4v) is 2.85. The molecule has 7 heteroatoms. The van der Waals surface area contributed by atoms with E-state index in [4.69, 9.17) is 21.1 Å². The Labute approximate surface area is 160 Å². The molecule has 0 fully saturated rings. The number of amides is 1. The molecule has 0 aliphatic rings. The van der Waals surface area contributed by atoms with E-state index in [9.17, 15) is 4.79 Å². The van der Waals surface area contributed by atoms with Gasteiger partial charge in [0.25, 0.3) is 5.91 Å². The van der Waals surface area contributed by atoms with Gasteiger partial charge in [-0.1, -0.05) is 18.2 Å². The zero-order chi connectivity index (χ0) is 18.6. The maximum absolute atomic E-state index is 12.3. The topological polar surface area (TPSA) is 73.0 Å². The van der Waals surface area contributed by atoms with E-state index >= 15 is 0 Å². The smallest absolute Gasteiger partial charge is 0.287 e. The van der Waals surface area contributed by atoms with Gasteiger partial charge >= 0.3 is 0 Å². The first-order chi connectivity index (χ1) is 13.2. The molecule has 0 bridgehead atoms. The quantitative estimate of drug-likeness (QED) is 0.567.